The number of primary amides is 1. The molecule has 0 unspecified atom stereocenters. The van der Waals surface area contributed by atoms with Gasteiger partial charge in [0.2, 0.25) is 11.8 Å². The molecule has 152 valence electrons. The lowest BCUT2D eigenvalue weighted by Gasteiger charge is -2.12. The molecule has 0 bridgehead atoms. The molecular weight excluding hydrogens is 400 g/mol. The Morgan fingerprint density at radius 3 is 2.75 bits per heavy atom. The highest BCUT2D eigenvalue weighted by atomic mass is 32.2. The number of urea groups is 1. The van der Waals surface area contributed by atoms with Crippen LogP contribution in [0, 0.1) is 5.92 Å². The van der Waals surface area contributed by atoms with Crippen molar-refractivity contribution in [3.05, 3.63) is 28.2 Å². The third-order valence-electron chi connectivity index (χ3n) is 3.52. The quantitative estimate of drug-likeness (QED) is 0.496. The van der Waals surface area contributed by atoms with Crippen molar-refractivity contribution in [3.63, 3.8) is 0 Å². The van der Waals surface area contributed by atoms with Gasteiger partial charge in [-0.1, -0.05) is 31.7 Å². The van der Waals surface area contributed by atoms with Crippen LogP contribution in [0.15, 0.2) is 22.7 Å². The molecule has 0 aliphatic rings. The fraction of sp³-hybridized carbons (Fsp3) is 0.471. The maximum absolute atomic E-state index is 12.0. The summed E-state index contributed by atoms with van der Waals surface area (Å²) in [7, 11) is 0. The van der Waals surface area contributed by atoms with E-state index in [1.807, 2.05) is 22.1 Å². The molecule has 0 aliphatic carbocycles. The summed E-state index contributed by atoms with van der Waals surface area (Å²) in [5.74, 6) is 0.190. The van der Waals surface area contributed by atoms with Crippen LogP contribution in [0.5, 0.6) is 0 Å². The number of hydrogen-bond acceptors (Lipinski definition) is 7. The van der Waals surface area contributed by atoms with Crippen LogP contribution < -0.4 is 16.4 Å². The van der Waals surface area contributed by atoms with Crippen LogP contribution in [0.25, 0.3) is 0 Å². The van der Waals surface area contributed by atoms with Crippen LogP contribution in [0.2, 0.25) is 0 Å². The van der Waals surface area contributed by atoms with Gasteiger partial charge in [-0.05, 0) is 17.4 Å². The molecule has 0 fully saturated rings. The van der Waals surface area contributed by atoms with Crippen LogP contribution in [0.1, 0.15) is 31.0 Å². The second kappa shape index (κ2) is 10.8. The Morgan fingerprint density at radius 2 is 2.11 bits per heavy atom. The Balaban J connectivity index is 1.86. The van der Waals surface area contributed by atoms with Gasteiger partial charge in [-0.25, -0.2) is 4.79 Å². The topological polar surface area (TPSA) is 132 Å². The molecule has 0 atom stereocenters. The Morgan fingerprint density at radius 1 is 1.32 bits per heavy atom. The second-order valence-corrected chi connectivity index (χ2v) is 8.44. The molecule has 0 radical (unpaired) electrons. The van der Waals surface area contributed by atoms with Gasteiger partial charge in [-0.2, -0.15) is 0 Å². The summed E-state index contributed by atoms with van der Waals surface area (Å²) >= 11 is 2.72. The van der Waals surface area contributed by atoms with Crippen molar-refractivity contribution in [1.29, 1.82) is 0 Å². The summed E-state index contributed by atoms with van der Waals surface area (Å²) < 4.78 is 1.89. The summed E-state index contributed by atoms with van der Waals surface area (Å²) in [5, 5.41) is 15.6. The highest BCUT2D eigenvalue weighted by molar-refractivity contribution is 7.99. The zero-order valence-electron chi connectivity index (χ0n) is 15.8. The monoisotopic (exact) mass is 424 g/mol. The van der Waals surface area contributed by atoms with E-state index in [9.17, 15) is 14.4 Å². The largest absolute Gasteiger partial charge is 0.370 e. The van der Waals surface area contributed by atoms with Crippen molar-refractivity contribution in [2.75, 3.05) is 5.75 Å². The van der Waals surface area contributed by atoms with E-state index in [0.717, 1.165) is 4.88 Å². The molecule has 28 heavy (non-hydrogen) atoms. The highest BCUT2D eigenvalue weighted by Crippen LogP contribution is 2.19. The number of nitrogens with one attached hydrogen (secondary N) is 2. The number of hydrogen-bond donors (Lipinski definition) is 3. The Kier molecular flexibility index (Phi) is 8.45. The molecule has 0 saturated heterocycles. The van der Waals surface area contributed by atoms with E-state index in [2.05, 4.69) is 34.7 Å². The van der Waals surface area contributed by atoms with Gasteiger partial charge < -0.3 is 15.6 Å². The molecule has 2 aromatic heterocycles. The van der Waals surface area contributed by atoms with Crippen molar-refractivity contribution in [3.8, 4) is 0 Å². The molecule has 0 aromatic carbocycles. The highest BCUT2D eigenvalue weighted by Gasteiger charge is 2.16. The molecule has 4 N–H and O–H groups in total. The van der Waals surface area contributed by atoms with Crippen LogP contribution in [-0.4, -0.2) is 38.4 Å². The van der Waals surface area contributed by atoms with Gasteiger partial charge >= 0.3 is 6.03 Å². The minimum Gasteiger partial charge on any atom is -0.370 e. The molecule has 0 saturated carbocycles. The number of imide groups is 1. The smallest absolute Gasteiger partial charge is 0.321 e. The number of thioether (sulfide) groups is 1. The standard InChI is InChI=1S/C17H24N6O3S2/c1-11(2)9-23-14(6-5-13(18)24)21-22-17(23)28-10-15(25)20-16(26)19-8-12-4-3-7-27-12/h3-4,7,11H,5-6,8-10H2,1-2H3,(H2,18,24)(H2,19,20,25,26). The lowest BCUT2D eigenvalue weighted by Crippen LogP contribution is -2.39. The summed E-state index contributed by atoms with van der Waals surface area (Å²) in [6.45, 7) is 5.14. The number of carbonyl (C=O) groups excluding carboxylic acids is 3. The van der Waals surface area contributed by atoms with E-state index in [-0.39, 0.29) is 12.2 Å². The Hall–Kier alpha value is -2.40. The summed E-state index contributed by atoms with van der Waals surface area (Å²) in [6, 6.07) is 3.26. The third-order valence-corrected chi connectivity index (χ3v) is 5.37. The van der Waals surface area contributed by atoms with Crippen molar-refractivity contribution in [1.82, 2.24) is 25.4 Å². The first-order chi connectivity index (χ1) is 13.3. The first kappa shape index (κ1) is 21.9. The molecule has 11 heteroatoms. The van der Waals surface area contributed by atoms with Crippen LogP contribution in [0.4, 0.5) is 4.79 Å². The number of thiophene rings is 1. The number of carbonyl (C=O) groups is 3. The van der Waals surface area contributed by atoms with Gasteiger partial charge in [0, 0.05) is 24.3 Å². The molecular formula is C17H24N6O3S2. The average Bonchev–Trinajstić information content (AvgIpc) is 3.26. The van der Waals surface area contributed by atoms with E-state index in [1.165, 1.54) is 23.1 Å². The minimum absolute atomic E-state index is 0.0263. The first-order valence-corrected chi connectivity index (χ1v) is 10.6. The van der Waals surface area contributed by atoms with Gasteiger partial charge in [0.05, 0.1) is 12.3 Å². The predicted octanol–water partition coefficient (Wildman–Crippen LogP) is 1.53. The van der Waals surface area contributed by atoms with Crippen molar-refractivity contribution in [2.24, 2.45) is 11.7 Å². The fourth-order valence-electron chi connectivity index (χ4n) is 2.31. The molecule has 2 rings (SSSR count). The van der Waals surface area contributed by atoms with E-state index in [0.29, 0.717) is 36.4 Å². The predicted molar refractivity (Wildman–Crippen MR) is 108 cm³/mol. The molecule has 9 nitrogen and oxygen atoms in total. The van der Waals surface area contributed by atoms with Crippen molar-refractivity contribution in [2.45, 2.75) is 44.9 Å². The second-order valence-electron chi connectivity index (χ2n) is 6.47. The van der Waals surface area contributed by atoms with E-state index >= 15 is 0 Å². The first-order valence-electron chi connectivity index (χ1n) is 8.78. The van der Waals surface area contributed by atoms with Gasteiger partial charge in [0.1, 0.15) is 5.82 Å². The van der Waals surface area contributed by atoms with Gasteiger partial charge in [0.25, 0.3) is 0 Å². The van der Waals surface area contributed by atoms with Gasteiger partial charge in [0.15, 0.2) is 5.16 Å². The molecule has 2 aromatic rings. The van der Waals surface area contributed by atoms with Gasteiger partial charge in [-0.15, -0.1) is 21.5 Å². The lowest BCUT2D eigenvalue weighted by atomic mass is 10.2. The van der Waals surface area contributed by atoms with Gasteiger partial charge in [-0.3, -0.25) is 14.9 Å². The summed E-state index contributed by atoms with van der Waals surface area (Å²) in [5.41, 5.74) is 5.21. The number of rotatable bonds is 10. The van der Waals surface area contributed by atoms with Crippen LogP contribution in [0.3, 0.4) is 0 Å². The van der Waals surface area contributed by atoms with Crippen molar-refractivity contribution < 1.29 is 14.4 Å². The number of aromatic nitrogens is 3. The van der Waals surface area contributed by atoms with Crippen LogP contribution in [-0.2, 0) is 29.1 Å². The zero-order valence-corrected chi connectivity index (χ0v) is 17.4. The maximum atomic E-state index is 12.0. The van der Waals surface area contributed by atoms with E-state index in [4.69, 9.17) is 5.73 Å². The van der Waals surface area contributed by atoms with E-state index < -0.39 is 17.8 Å². The Labute approximate surface area is 171 Å². The molecule has 0 aliphatic heterocycles. The number of nitrogens with two attached hydrogens (primary N) is 1. The summed E-state index contributed by atoms with van der Waals surface area (Å²) in [6.07, 6.45) is 0.582. The molecule has 0 spiro atoms. The zero-order chi connectivity index (χ0) is 20.5. The van der Waals surface area contributed by atoms with E-state index in [1.54, 1.807) is 0 Å². The molecule has 2 heterocycles. The summed E-state index contributed by atoms with van der Waals surface area (Å²) in [4.78, 5) is 35.9. The molecule has 4 amide bonds. The SMILES string of the molecule is CC(C)Cn1c(CCC(N)=O)nnc1SCC(=O)NC(=O)NCc1cccs1. The fourth-order valence-corrected chi connectivity index (χ4v) is 3.72. The minimum atomic E-state index is -0.537. The average molecular weight is 425 g/mol. The number of nitrogens with zero attached hydrogens (tertiary/aromatic N) is 3. The number of aryl methyl sites for hydroxylation is 1. The normalized spacial score (nSPS) is 10.8. The third kappa shape index (κ3) is 7.31. The Bertz CT molecular complexity index is 804. The van der Waals surface area contributed by atoms with Crippen molar-refractivity contribution >= 4 is 40.9 Å². The number of amides is 4. The maximum Gasteiger partial charge on any atom is 0.321 e. The lowest BCUT2D eigenvalue weighted by molar-refractivity contribution is -0.118. The van der Waals surface area contributed by atoms with Crippen LogP contribution >= 0.6 is 23.1 Å².